The number of nitrogens with one attached hydrogen (secondary N) is 1. The molecule has 1 aromatic carbocycles. The molecule has 1 aromatic heterocycles. The van der Waals surface area contributed by atoms with Crippen molar-refractivity contribution >= 4 is 17.3 Å². The monoisotopic (exact) mass is 281 g/mol. The van der Waals surface area contributed by atoms with Crippen molar-refractivity contribution in [1.29, 1.82) is 0 Å². The molecule has 1 amide bonds. The molecule has 108 valence electrons. The first-order valence-corrected chi connectivity index (χ1v) is 7.31. The number of aryl methyl sites for hydroxylation is 1. The minimum Gasteiger partial charge on any atom is -0.372 e. The van der Waals surface area contributed by atoms with Gasteiger partial charge in [-0.2, -0.15) is 0 Å². The van der Waals surface area contributed by atoms with Gasteiger partial charge in [0.2, 0.25) is 0 Å². The largest absolute Gasteiger partial charge is 0.372 e. The van der Waals surface area contributed by atoms with E-state index in [1.54, 1.807) is 24.5 Å². The van der Waals surface area contributed by atoms with E-state index in [1.165, 1.54) is 18.5 Å². The predicted molar refractivity (Wildman–Crippen MR) is 84.8 cm³/mol. The van der Waals surface area contributed by atoms with Crippen LogP contribution >= 0.6 is 0 Å². The second kappa shape index (κ2) is 5.95. The molecule has 1 aliphatic heterocycles. The normalized spacial score (nSPS) is 14.2. The highest BCUT2D eigenvalue weighted by Gasteiger charge is 2.14. The van der Waals surface area contributed by atoms with Crippen molar-refractivity contribution in [3.05, 3.63) is 53.9 Å². The standard InChI is InChI=1S/C17H19N3O/c1-13-11-15(20-9-2-3-10-20)6-7-16(13)19-17(21)14-5-4-8-18-12-14/h4-8,11-12H,2-3,9-10H2,1H3,(H,19,21). The molecule has 4 nitrogen and oxygen atoms in total. The molecule has 0 saturated carbocycles. The lowest BCUT2D eigenvalue weighted by atomic mass is 10.1. The van der Waals surface area contributed by atoms with Crippen molar-refractivity contribution in [2.24, 2.45) is 0 Å². The second-order valence-electron chi connectivity index (χ2n) is 5.39. The van der Waals surface area contributed by atoms with Crippen molar-refractivity contribution in [2.75, 3.05) is 23.3 Å². The lowest BCUT2D eigenvalue weighted by molar-refractivity contribution is 0.102. The van der Waals surface area contributed by atoms with Crippen molar-refractivity contribution in [3.8, 4) is 0 Å². The summed E-state index contributed by atoms with van der Waals surface area (Å²) in [6.07, 6.45) is 5.76. The van der Waals surface area contributed by atoms with E-state index < -0.39 is 0 Å². The van der Waals surface area contributed by atoms with E-state index in [2.05, 4.69) is 27.3 Å². The van der Waals surface area contributed by atoms with Gasteiger partial charge in [0, 0.05) is 36.9 Å². The smallest absolute Gasteiger partial charge is 0.257 e. The molecule has 3 rings (SSSR count). The molecule has 21 heavy (non-hydrogen) atoms. The fourth-order valence-electron chi connectivity index (χ4n) is 2.65. The Hall–Kier alpha value is -2.36. The maximum atomic E-state index is 12.1. The van der Waals surface area contributed by atoms with E-state index in [9.17, 15) is 4.79 Å². The third-order valence-electron chi connectivity index (χ3n) is 3.85. The van der Waals surface area contributed by atoms with E-state index in [0.29, 0.717) is 5.56 Å². The van der Waals surface area contributed by atoms with Crippen LogP contribution < -0.4 is 10.2 Å². The summed E-state index contributed by atoms with van der Waals surface area (Å²) in [5.74, 6) is -0.125. The first-order chi connectivity index (χ1) is 10.2. The minimum absolute atomic E-state index is 0.125. The Labute approximate surface area is 124 Å². The topological polar surface area (TPSA) is 45.2 Å². The summed E-state index contributed by atoms with van der Waals surface area (Å²) in [6.45, 7) is 4.28. The third-order valence-corrected chi connectivity index (χ3v) is 3.85. The molecular weight excluding hydrogens is 262 g/mol. The maximum Gasteiger partial charge on any atom is 0.257 e. The Morgan fingerprint density at radius 2 is 2.05 bits per heavy atom. The van der Waals surface area contributed by atoms with Crippen LogP contribution in [0.25, 0.3) is 0 Å². The highest BCUT2D eigenvalue weighted by Crippen LogP contribution is 2.25. The molecular formula is C17H19N3O. The summed E-state index contributed by atoms with van der Waals surface area (Å²) in [4.78, 5) is 18.5. The average molecular weight is 281 g/mol. The minimum atomic E-state index is -0.125. The molecule has 0 aliphatic carbocycles. The highest BCUT2D eigenvalue weighted by atomic mass is 16.1. The number of amides is 1. The lowest BCUT2D eigenvalue weighted by Crippen LogP contribution is -2.18. The number of aromatic nitrogens is 1. The van der Waals surface area contributed by atoms with Gasteiger partial charge in [0.05, 0.1) is 5.56 Å². The van der Waals surface area contributed by atoms with Gasteiger partial charge in [0.25, 0.3) is 5.91 Å². The summed E-state index contributed by atoms with van der Waals surface area (Å²) in [7, 11) is 0. The SMILES string of the molecule is Cc1cc(N2CCCC2)ccc1NC(=O)c1cccnc1. The molecule has 1 saturated heterocycles. The third kappa shape index (κ3) is 3.05. The Balaban J connectivity index is 1.75. The lowest BCUT2D eigenvalue weighted by Gasteiger charge is -2.19. The summed E-state index contributed by atoms with van der Waals surface area (Å²) < 4.78 is 0. The number of benzene rings is 1. The molecule has 2 aromatic rings. The average Bonchev–Trinajstić information content (AvgIpc) is 3.04. The zero-order valence-corrected chi connectivity index (χ0v) is 12.2. The van der Waals surface area contributed by atoms with Crippen LogP contribution in [0, 0.1) is 6.92 Å². The predicted octanol–water partition coefficient (Wildman–Crippen LogP) is 3.24. The van der Waals surface area contributed by atoms with Crippen LogP contribution in [0.4, 0.5) is 11.4 Å². The van der Waals surface area contributed by atoms with Gasteiger partial charge in [-0.25, -0.2) is 0 Å². The van der Waals surface area contributed by atoms with Gasteiger partial charge in [-0.1, -0.05) is 0 Å². The van der Waals surface area contributed by atoms with Crippen LogP contribution in [-0.4, -0.2) is 24.0 Å². The number of anilines is 2. The number of carbonyl (C=O) groups is 1. The second-order valence-corrected chi connectivity index (χ2v) is 5.39. The number of pyridine rings is 1. The van der Waals surface area contributed by atoms with Gasteiger partial charge in [-0.15, -0.1) is 0 Å². The van der Waals surface area contributed by atoms with E-state index in [4.69, 9.17) is 0 Å². The van der Waals surface area contributed by atoms with Crippen molar-refractivity contribution in [1.82, 2.24) is 4.98 Å². The van der Waals surface area contributed by atoms with Crippen LogP contribution in [0.5, 0.6) is 0 Å². The Kier molecular flexibility index (Phi) is 3.86. The van der Waals surface area contributed by atoms with Gasteiger partial charge < -0.3 is 10.2 Å². The first kappa shape index (κ1) is 13.6. The first-order valence-electron chi connectivity index (χ1n) is 7.31. The Bertz CT molecular complexity index is 634. The van der Waals surface area contributed by atoms with Crippen LogP contribution in [0.15, 0.2) is 42.7 Å². The Morgan fingerprint density at radius 3 is 2.71 bits per heavy atom. The van der Waals surface area contributed by atoms with Crippen molar-refractivity contribution in [3.63, 3.8) is 0 Å². The molecule has 0 spiro atoms. The molecule has 0 atom stereocenters. The highest BCUT2D eigenvalue weighted by molar-refractivity contribution is 6.04. The number of rotatable bonds is 3. The number of carbonyl (C=O) groups excluding carboxylic acids is 1. The van der Waals surface area contributed by atoms with Gasteiger partial charge in [0.15, 0.2) is 0 Å². The zero-order valence-electron chi connectivity index (χ0n) is 12.2. The van der Waals surface area contributed by atoms with E-state index >= 15 is 0 Å². The van der Waals surface area contributed by atoms with E-state index in [1.807, 2.05) is 13.0 Å². The van der Waals surface area contributed by atoms with Crippen LogP contribution in [0.3, 0.4) is 0 Å². The zero-order chi connectivity index (χ0) is 14.7. The molecule has 2 heterocycles. The molecule has 0 unspecified atom stereocenters. The fraction of sp³-hybridized carbons (Fsp3) is 0.294. The van der Waals surface area contributed by atoms with Crippen molar-refractivity contribution in [2.45, 2.75) is 19.8 Å². The van der Waals surface area contributed by atoms with Gasteiger partial charge >= 0.3 is 0 Å². The number of hydrogen-bond donors (Lipinski definition) is 1. The maximum absolute atomic E-state index is 12.1. The molecule has 1 N–H and O–H groups in total. The number of nitrogens with zero attached hydrogens (tertiary/aromatic N) is 2. The summed E-state index contributed by atoms with van der Waals surface area (Å²) in [6, 6.07) is 9.73. The summed E-state index contributed by atoms with van der Waals surface area (Å²) in [5.41, 5.74) is 3.74. The molecule has 1 aliphatic rings. The molecule has 4 heteroatoms. The summed E-state index contributed by atoms with van der Waals surface area (Å²) >= 11 is 0. The van der Waals surface area contributed by atoms with E-state index in [0.717, 1.165) is 24.3 Å². The molecule has 1 fully saturated rings. The van der Waals surface area contributed by atoms with Gasteiger partial charge in [0.1, 0.15) is 0 Å². The molecule has 0 bridgehead atoms. The quantitative estimate of drug-likeness (QED) is 0.939. The number of hydrogen-bond acceptors (Lipinski definition) is 3. The fourth-order valence-corrected chi connectivity index (χ4v) is 2.65. The van der Waals surface area contributed by atoms with Crippen molar-refractivity contribution < 1.29 is 4.79 Å². The van der Waals surface area contributed by atoms with Crippen LogP contribution in [-0.2, 0) is 0 Å². The Morgan fingerprint density at radius 1 is 1.24 bits per heavy atom. The van der Waals surface area contributed by atoms with Gasteiger partial charge in [-0.05, 0) is 55.7 Å². The molecule has 0 radical (unpaired) electrons. The van der Waals surface area contributed by atoms with Gasteiger partial charge in [-0.3, -0.25) is 9.78 Å². The van der Waals surface area contributed by atoms with Crippen LogP contribution in [0.1, 0.15) is 28.8 Å². The van der Waals surface area contributed by atoms with E-state index in [-0.39, 0.29) is 5.91 Å². The summed E-state index contributed by atoms with van der Waals surface area (Å²) in [5, 5.41) is 2.95. The van der Waals surface area contributed by atoms with Crippen LogP contribution in [0.2, 0.25) is 0 Å².